The van der Waals surface area contributed by atoms with E-state index in [4.69, 9.17) is 0 Å². The molecule has 25 heavy (non-hydrogen) atoms. The molecule has 3 rings (SSSR count). The molecule has 1 aromatic carbocycles. The maximum atomic E-state index is 12.1. The van der Waals surface area contributed by atoms with Crippen LogP contribution in [0.3, 0.4) is 0 Å². The first-order valence-corrected chi connectivity index (χ1v) is 8.68. The average Bonchev–Trinajstić information content (AvgIpc) is 3.05. The number of thioether (sulfide) groups is 1. The van der Waals surface area contributed by atoms with E-state index in [0.29, 0.717) is 11.7 Å². The standard InChI is InChI=1S/C18H17N5OS/c1-2-12-23-17(14-8-10-19-11-9-14)21-22-18(23)25-13-16(24)20-15-6-4-3-5-7-15/h2-11H,1,12-13H2,(H,20,24). The van der Waals surface area contributed by atoms with Gasteiger partial charge in [-0.2, -0.15) is 0 Å². The van der Waals surface area contributed by atoms with Crippen molar-refractivity contribution in [1.29, 1.82) is 0 Å². The number of amides is 1. The minimum Gasteiger partial charge on any atom is -0.325 e. The van der Waals surface area contributed by atoms with Crippen LogP contribution in [-0.2, 0) is 11.3 Å². The first-order valence-electron chi connectivity index (χ1n) is 7.70. The fourth-order valence-corrected chi connectivity index (χ4v) is 3.00. The molecule has 0 aliphatic rings. The highest BCUT2D eigenvalue weighted by Crippen LogP contribution is 2.23. The van der Waals surface area contributed by atoms with Crippen LogP contribution in [0.15, 0.2) is 72.7 Å². The predicted octanol–water partition coefficient (Wildman–Crippen LogP) is 3.26. The number of rotatable bonds is 7. The molecule has 2 heterocycles. The Balaban J connectivity index is 1.71. The van der Waals surface area contributed by atoms with Gasteiger partial charge in [0.25, 0.3) is 0 Å². The highest BCUT2D eigenvalue weighted by molar-refractivity contribution is 7.99. The molecule has 3 aromatic rings. The van der Waals surface area contributed by atoms with E-state index in [-0.39, 0.29) is 11.7 Å². The summed E-state index contributed by atoms with van der Waals surface area (Å²) < 4.78 is 1.93. The maximum absolute atomic E-state index is 12.1. The van der Waals surface area contributed by atoms with Crippen LogP contribution in [0.4, 0.5) is 5.69 Å². The summed E-state index contributed by atoms with van der Waals surface area (Å²) in [6.07, 6.45) is 5.20. The second-order valence-electron chi connectivity index (χ2n) is 5.14. The maximum Gasteiger partial charge on any atom is 0.234 e. The Hall–Kier alpha value is -2.93. The van der Waals surface area contributed by atoms with Crippen molar-refractivity contribution in [2.75, 3.05) is 11.1 Å². The number of hydrogen-bond donors (Lipinski definition) is 1. The molecule has 0 unspecified atom stereocenters. The Labute approximate surface area is 150 Å². The summed E-state index contributed by atoms with van der Waals surface area (Å²) in [4.78, 5) is 16.1. The molecular weight excluding hydrogens is 334 g/mol. The van der Waals surface area contributed by atoms with Gasteiger partial charge in [-0.1, -0.05) is 36.0 Å². The van der Waals surface area contributed by atoms with Crippen molar-refractivity contribution >= 4 is 23.4 Å². The lowest BCUT2D eigenvalue weighted by atomic mass is 10.2. The van der Waals surface area contributed by atoms with E-state index in [1.165, 1.54) is 11.8 Å². The van der Waals surface area contributed by atoms with Gasteiger partial charge in [0.1, 0.15) is 0 Å². The van der Waals surface area contributed by atoms with Gasteiger partial charge in [-0.05, 0) is 24.3 Å². The van der Waals surface area contributed by atoms with Gasteiger partial charge in [0, 0.05) is 30.2 Å². The van der Waals surface area contributed by atoms with Crippen molar-refractivity contribution in [1.82, 2.24) is 19.7 Å². The van der Waals surface area contributed by atoms with Crippen molar-refractivity contribution in [3.8, 4) is 11.4 Å². The van der Waals surface area contributed by atoms with Crippen LogP contribution >= 0.6 is 11.8 Å². The highest BCUT2D eigenvalue weighted by atomic mass is 32.2. The fourth-order valence-electron chi connectivity index (χ4n) is 2.25. The van der Waals surface area contributed by atoms with Crippen LogP contribution in [0.2, 0.25) is 0 Å². The monoisotopic (exact) mass is 351 g/mol. The van der Waals surface area contributed by atoms with Crippen LogP contribution < -0.4 is 5.32 Å². The van der Waals surface area contributed by atoms with Crippen LogP contribution in [-0.4, -0.2) is 31.4 Å². The van der Waals surface area contributed by atoms with Gasteiger partial charge in [-0.25, -0.2) is 0 Å². The zero-order valence-corrected chi connectivity index (χ0v) is 14.3. The third kappa shape index (κ3) is 4.33. The Morgan fingerprint density at radius 2 is 1.92 bits per heavy atom. The Morgan fingerprint density at radius 3 is 2.64 bits per heavy atom. The third-order valence-electron chi connectivity index (χ3n) is 3.36. The molecule has 7 heteroatoms. The van der Waals surface area contributed by atoms with Crippen molar-refractivity contribution in [3.63, 3.8) is 0 Å². The summed E-state index contributed by atoms with van der Waals surface area (Å²) in [5.74, 6) is 0.892. The van der Waals surface area contributed by atoms with Crippen LogP contribution in [0.1, 0.15) is 0 Å². The summed E-state index contributed by atoms with van der Waals surface area (Å²) >= 11 is 1.34. The van der Waals surface area contributed by atoms with Gasteiger partial charge >= 0.3 is 0 Å². The number of aromatic nitrogens is 4. The molecule has 0 radical (unpaired) electrons. The summed E-state index contributed by atoms with van der Waals surface area (Å²) in [7, 11) is 0. The predicted molar refractivity (Wildman–Crippen MR) is 99.2 cm³/mol. The molecule has 1 N–H and O–H groups in total. The molecular formula is C18H17N5OS. The molecule has 0 bridgehead atoms. The van der Waals surface area contributed by atoms with E-state index in [1.54, 1.807) is 18.5 Å². The normalized spacial score (nSPS) is 10.4. The molecule has 126 valence electrons. The SMILES string of the molecule is C=CCn1c(SCC(=O)Nc2ccccc2)nnc1-c1ccncc1. The highest BCUT2D eigenvalue weighted by Gasteiger charge is 2.14. The van der Waals surface area contributed by atoms with E-state index in [0.717, 1.165) is 17.1 Å². The lowest BCUT2D eigenvalue weighted by molar-refractivity contribution is -0.113. The molecule has 6 nitrogen and oxygen atoms in total. The van der Waals surface area contributed by atoms with E-state index in [2.05, 4.69) is 27.1 Å². The smallest absolute Gasteiger partial charge is 0.234 e. The first kappa shape index (κ1) is 16.9. The Kier molecular flexibility index (Phi) is 5.58. The number of allylic oxidation sites excluding steroid dienone is 1. The van der Waals surface area contributed by atoms with Gasteiger partial charge in [0.2, 0.25) is 5.91 Å². The number of para-hydroxylation sites is 1. The Bertz CT molecular complexity index is 848. The summed E-state index contributed by atoms with van der Waals surface area (Å²) in [6, 6.07) is 13.1. The number of carbonyl (C=O) groups excluding carboxylic acids is 1. The molecule has 0 fully saturated rings. The lowest BCUT2D eigenvalue weighted by Crippen LogP contribution is -2.14. The molecule has 0 atom stereocenters. The average molecular weight is 351 g/mol. The first-order chi connectivity index (χ1) is 12.3. The fraction of sp³-hybridized carbons (Fsp3) is 0.111. The van der Waals surface area contributed by atoms with Crippen molar-refractivity contribution in [2.45, 2.75) is 11.7 Å². The van der Waals surface area contributed by atoms with E-state index in [9.17, 15) is 4.79 Å². The molecule has 0 aliphatic carbocycles. The van der Waals surface area contributed by atoms with Gasteiger partial charge < -0.3 is 5.32 Å². The molecule has 0 spiro atoms. The van der Waals surface area contributed by atoms with Crippen molar-refractivity contribution < 1.29 is 4.79 Å². The Morgan fingerprint density at radius 1 is 1.16 bits per heavy atom. The quantitative estimate of drug-likeness (QED) is 0.522. The summed E-state index contributed by atoms with van der Waals surface area (Å²) in [5.41, 5.74) is 1.70. The topological polar surface area (TPSA) is 72.7 Å². The lowest BCUT2D eigenvalue weighted by Gasteiger charge is -2.08. The second kappa shape index (κ2) is 8.25. The summed E-state index contributed by atoms with van der Waals surface area (Å²) in [5, 5.41) is 12.0. The zero-order valence-electron chi connectivity index (χ0n) is 13.5. The number of anilines is 1. The van der Waals surface area contributed by atoms with Gasteiger partial charge in [0.05, 0.1) is 5.75 Å². The van der Waals surface area contributed by atoms with E-state index >= 15 is 0 Å². The van der Waals surface area contributed by atoms with Crippen LogP contribution in [0.25, 0.3) is 11.4 Å². The number of benzene rings is 1. The molecule has 0 aliphatic heterocycles. The van der Waals surface area contributed by atoms with Gasteiger partial charge in [-0.3, -0.25) is 14.3 Å². The van der Waals surface area contributed by atoms with Gasteiger partial charge in [-0.15, -0.1) is 16.8 Å². The van der Waals surface area contributed by atoms with Crippen LogP contribution in [0, 0.1) is 0 Å². The number of nitrogens with zero attached hydrogens (tertiary/aromatic N) is 4. The summed E-state index contributed by atoms with van der Waals surface area (Å²) in [6.45, 7) is 4.35. The van der Waals surface area contributed by atoms with Crippen molar-refractivity contribution in [3.05, 3.63) is 67.5 Å². The largest absolute Gasteiger partial charge is 0.325 e. The minimum absolute atomic E-state index is 0.0881. The molecule has 1 amide bonds. The minimum atomic E-state index is -0.0881. The van der Waals surface area contributed by atoms with Gasteiger partial charge in [0.15, 0.2) is 11.0 Å². The number of hydrogen-bond acceptors (Lipinski definition) is 5. The van der Waals surface area contributed by atoms with E-state index in [1.807, 2.05) is 47.0 Å². The van der Waals surface area contributed by atoms with Crippen LogP contribution in [0.5, 0.6) is 0 Å². The number of nitrogens with one attached hydrogen (secondary N) is 1. The molecule has 2 aromatic heterocycles. The van der Waals surface area contributed by atoms with E-state index < -0.39 is 0 Å². The molecule has 0 saturated heterocycles. The van der Waals surface area contributed by atoms with Crippen molar-refractivity contribution in [2.24, 2.45) is 0 Å². The molecule has 0 saturated carbocycles. The second-order valence-corrected chi connectivity index (χ2v) is 6.09. The number of carbonyl (C=O) groups is 1. The third-order valence-corrected chi connectivity index (χ3v) is 4.32. The zero-order chi connectivity index (χ0) is 17.5. The number of pyridine rings is 1.